The largest absolute Gasteiger partial charge is 0.311 e. The Balaban J connectivity index is 3.42. The highest BCUT2D eigenvalue weighted by Crippen LogP contribution is 2.16. The minimum Gasteiger partial charge on any atom is -0.311 e. The molecule has 0 aromatic carbocycles. The van der Waals surface area contributed by atoms with Crippen molar-refractivity contribution in [1.82, 2.24) is 5.32 Å². The van der Waals surface area contributed by atoms with Gasteiger partial charge in [-0.1, -0.05) is 31.4 Å². The van der Waals surface area contributed by atoms with Gasteiger partial charge in [0.05, 0.1) is 0 Å². The lowest BCUT2D eigenvalue weighted by Crippen LogP contribution is -2.37. The third-order valence-corrected chi connectivity index (χ3v) is 2.88. The maximum atomic E-state index is 3.86. The quantitative estimate of drug-likeness (QED) is 0.437. The summed E-state index contributed by atoms with van der Waals surface area (Å²) in [5, 5.41) is 3.30. The van der Waals surface area contributed by atoms with E-state index in [1.165, 1.54) is 32.1 Å². The molecule has 0 bridgehead atoms. The lowest BCUT2D eigenvalue weighted by molar-refractivity contribution is 0.419. The van der Waals surface area contributed by atoms with Crippen LogP contribution in [0.5, 0.6) is 0 Å². The molecule has 0 saturated heterocycles. The van der Waals surface area contributed by atoms with Crippen LogP contribution in [0.3, 0.4) is 0 Å². The predicted octanol–water partition coefficient (Wildman–Crippen LogP) is 3.68. The molecule has 0 saturated carbocycles. The van der Waals surface area contributed by atoms with E-state index in [9.17, 15) is 0 Å². The van der Waals surface area contributed by atoms with Gasteiger partial charge in [-0.05, 0) is 33.2 Å². The van der Waals surface area contributed by atoms with E-state index >= 15 is 0 Å². The van der Waals surface area contributed by atoms with E-state index < -0.39 is 0 Å². The van der Waals surface area contributed by atoms with Gasteiger partial charge in [0.1, 0.15) is 0 Å². The minimum atomic E-state index is 0.123. The van der Waals surface area contributed by atoms with Crippen molar-refractivity contribution >= 4 is 0 Å². The molecule has 0 unspecified atom stereocenters. The van der Waals surface area contributed by atoms with Crippen LogP contribution in [0.25, 0.3) is 0 Å². The molecule has 1 heteroatoms. The van der Waals surface area contributed by atoms with Crippen molar-refractivity contribution in [1.29, 1.82) is 0 Å². The first-order chi connectivity index (χ1) is 6.68. The van der Waals surface area contributed by atoms with E-state index in [1.807, 2.05) is 19.2 Å². The minimum absolute atomic E-state index is 0.123. The second-order valence-electron chi connectivity index (χ2n) is 4.11. The molecule has 0 amide bonds. The van der Waals surface area contributed by atoms with Gasteiger partial charge >= 0.3 is 0 Å². The molecule has 0 radical (unpaired) electrons. The molecule has 1 atom stereocenters. The van der Waals surface area contributed by atoms with E-state index in [0.29, 0.717) is 0 Å². The molecular weight excluding hydrogens is 170 g/mol. The second kappa shape index (κ2) is 7.81. The smallest absolute Gasteiger partial charge is 0.0330 e. The van der Waals surface area contributed by atoms with Crippen LogP contribution in [-0.4, -0.2) is 12.6 Å². The zero-order valence-electron chi connectivity index (χ0n) is 9.81. The third kappa shape index (κ3) is 5.98. The van der Waals surface area contributed by atoms with Crippen LogP contribution in [-0.2, 0) is 0 Å². The summed E-state index contributed by atoms with van der Waals surface area (Å²) >= 11 is 0. The first kappa shape index (κ1) is 13.4. The molecule has 0 aliphatic heterocycles. The van der Waals surface area contributed by atoms with Crippen molar-refractivity contribution in [2.45, 2.75) is 51.0 Å². The van der Waals surface area contributed by atoms with Gasteiger partial charge in [-0.15, -0.1) is 13.2 Å². The Bertz CT molecular complexity index is 163. The van der Waals surface area contributed by atoms with Gasteiger partial charge in [0.25, 0.3) is 0 Å². The third-order valence-electron chi connectivity index (χ3n) is 2.88. The normalized spacial score (nSPS) is 14.7. The summed E-state index contributed by atoms with van der Waals surface area (Å²) in [4.78, 5) is 0. The van der Waals surface area contributed by atoms with Crippen LogP contribution in [0.15, 0.2) is 25.3 Å². The van der Waals surface area contributed by atoms with Crippen LogP contribution in [0.1, 0.15) is 45.4 Å². The van der Waals surface area contributed by atoms with Crippen molar-refractivity contribution in [2.24, 2.45) is 0 Å². The predicted molar refractivity (Wildman–Crippen MR) is 65.6 cm³/mol. The number of hydrogen-bond acceptors (Lipinski definition) is 1. The fraction of sp³-hybridized carbons (Fsp3) is 0.692. The molecule has 0 fully saturated rings. The molecule has 0 aliphatic rings. The molecule has 82 valence electrons. The summed E-state index contributed by atoms with van der Waals surface area (Å²) < 4.78 is 0. The Labute approximate surface area is 89.3 Å². The first-order valence-corrected chi connectivity index (χ1v) is 5.62. The summed E-state index contributed by atoms with van der Waals surface area (Å²) in [5.41, 5.74) is 0.123. The van der Waals surface area contributed by atoms with Gasteiger partial charge in [-0.3, -0.25) is 0 Å². The fourth-order valence-electron chi connectivity index (χ4n) is 1.46. The van der Waals surface area contributed by atoms with Crippen molar-refractivity contribution in [2.75, 3.05) is 7.05 Å². The average Bonchev–Trinajstić information content (AvgIpc) is 2.23. The standard InChI is InChI=1S/C13H25N/c1-5-7-8-9-10-11-12-13(3,6-2)14-4/h5-6,14H,1-2,7-12H2,3-4H3/t13-/m1/s1. The SMILES string of the molecule is C=CCCCCCC[C@@](C)(C=C)NC. The maximum absolute atomic E-state index is 3.86. The average molecular weight is 195 g/mol. The van der Waals surface area contributed by atoms with Gasteiger partial charge < -0.3 is 5.32 Å². The molecule has 0 aromatic rings. The molecule has 0 heterocycles. The highest BCUT2D eigenvalue weighted by molar-refractivity contribution is 4.97. The summed E-state index contributed by atoms with van der Waals surface area (Å²) in [7, 11) is 2.00. The molecule has 14 heavy (non-hydrogen) atoms. The highest BCUT2D eigenvalue weighted by Gasteiger charge is 2.15. The Morgan fingerprint density at radius 2 is 1.79 bits per heavy atom. The molecule has 0 aliphatic carbocycles. The lowest BCUT2D eigenvalue weighted by Gasteiger charge is -2.24. The van der Waals surface area contributed by atoms with Crippen molar-refractivity contribution < 1.29 is 0 Å². The summed E-state index contributed by atoms with van der Waals surface area (Å²) in [6, 6.07) is 0. The number of unbranched alkanes of at least 4 members (excludes halogenated alkanes) is 4. The van der Waals surface area contributed by atoms with Crippen LogP contribution in [0, 0.1) is 0 Å². The van der Waals surface area contributed by atoms with Gasteiger partial charge in [0.15, 0.2) is 0 Å². The zero-order valence-corrected chi connectivity index (χ0v) is 9.81. The monoisotopic (exact) mass is 195 g/mol. The second-order valence-corrected chi connectivity index (χ2v) is 4.11. The molecule has 0 aromatic heterocycles. The Hall–Kier alpha value is -0.560. The van der Waals surface area contributed by atoms with Crippen LogP contribution >= 0.6 is 0 Å². The Kier molecular flexibility index (Phi) is 7.50. The number of likely N-dealkylation sites (N-methyl/N-ethyl adjacent to an activating group) is 1. The number of nitrogens with one attached hydrogen (secondary N) is 1. The molecule has 1 N–H and O–H groups in total. The van der Waals surface area contributed by atoms with E-state index in [0.717, 1.165) is 6.42 Å². The Morgan fingerprint density at radius 3 is 2.29 bits per heavy atom. The number of rotatable bonds is 9. The summed E-state index contributed by atoms with van der Waals surface area (Å²) in [6.07, 6.45) is 11.6. The molecule has 1 nitrogen and oxygen atoms in total. The lowest BCUT2D eigenvalue weighted by atomic mass is 9.94. The fourth-order valence-corrected chi connectivity index (χ4v) is 1.46. The van der Waals surface area contributed by atoms with Crippen LogP contribution in [0.4, 0.5) is 0 Å². The molecular formula is C13H25N. The summed E-state index contributed by atoms with van der Waals surface area (Å²) in [6.45, 7) is 9.78. The number of allylic oxidation sites excluding steroid dienone is 1. The zero-order chi connectivity index (χ0) is 10.9. The number of hydrogen-bond donors (Lipinski definition) is 1. The highest BCUT2D eigenvalue weighted by atomic mass is 14.9. The van der Waals surface area contributed by atoms with Crippen LogP contribution < -0.4 is 5.32 Å². The summed E-state index contributed by atoms with van der Waals surface area (Å²) in [5.74, 6) is 0. The first-order valence-electron chi connectivity index (χ1n) is 5.62. The van der Waals surface area contributed by atoms with Gasteiger partial charge in [-0.25, -0.2) is 0 Å². The molecule has 0 spiro atoms. The maximum Gasteiger partial charge on any atom is 0.0330 e. The molecule has 0 rings (SSSR count). The van der Waals surface area contributed by atoms with Gasteiger partial charge in [0, 0.05) is 5.54 Å². The van der Waals surface area contributed by atoms with E-state index in [-0.39, 0.29) is 5.54 Å². The van der Waals surface area contributed by atoms with Gasteiger partial charge in [0.2, 0.25) is 0 Å². The van der Waals surface area contributed by atoms with E-state index in [4.69, 9.17) is 0 Å². The van der Waals surface area contributed by atoms with E-state index in [2.05, 4.69) is 25.4 Å². The van der Waals surface area contributed by atoms with Crippen molar-refractivity contribution in [3.8, 4) is 0 Å². The Morgan fingerprint density at radius 1 is 1.14 bits per heavy atom. The van der Waals surface area contributed by atoms with E-state index in [1.54, 1.807) is 0 Å². The topological polar surface area (TPSA) is 12.0 Å². The van der Waals surface area contributed by atoms with Gasteiger partial charge in [-0.2, -0.15) is 0 Å². The van der Waals surface area contributed by atoms with Crippen molar-refractivity contribution in [3.63, 3.8) is 0 Å². The van der Waals surface area contributed by atoms with Crippen LogP contribution in [0.2, 0.25) is 0 Å². The van der Waals surface area contributed by atoms with Crippen molar-refractivity contribution in [3.05, 3.63) is 25.3 Å².